The van der Waals surface area contributed by atoms with Crippen molar-refractivity contribution < 1.29 is 22.4 Å². The number of halogens is 1. The van der Waals surface area contributed by atoms with Gasteiger partial charge in [0, 0.05) is 13.1 Å². The maximum atomic E-state index is 13.9. The SMILES string of the molecule is Cc1ccc(N(CC(=O)N(Cc2ccc(F)cc2)[C@H](C)C(=O)NCC(C)C)S(=O)(=O)c2ccccc2)cc1C. The molecule has 0 heterocycles. The van der Waals surface area contributed by atoms with Crippen LogP contribution in [0.1, 0.15) is 37.5 Å². The summed E-state index contributed by atoms with van der Waals surface area (Å²) >= 11 is 0. The van der Waals surface area contributed by atoms with Crippen LogP contribution in [0.5, 0.6) is 0 Å². The fourth-order valence-electron chi connectivity index (χ4n) is 3.95. The van der Waals surface area contributed by atoms with Gasteiger partial charge in [-0.3, -0.25) is 13.9 Å². The minimum absolute atomic E-state index is 0.00152. The summed E-state index contributed by atoms with van der Waals surface area (Å²) in [4.78, 5) is 28.3. The van der Waals surface area contributed by atoms with Crippen LogP contribution in [0.4, 0.5) is 10.1 Å². The van der Waals surface area contributed by atoms with Crippen LogP contribution >= 0.6 is 0 Å². The molecule has 208 valence electrons. The van der Waals surface area contributed by atoms with Gasteiger partial charge in [-0.15, -0.1) is 0 Å². The van der Waals surface area contributed by atoms with E-state index in [4.69, 9.17) is 0 Å². The number of sulfonamides is 1. The average molecular weight is 554 g/mol. The maximum absolute atomic E-state index is 13.9. The minimum atomic E-state index is -4.12. The molecule has 9 heteroatoms. The molecule has 1 atom stereocenters. The average Bonchev–Trinajstić information content (AvgIpc) is 2.91. The predicted octanol–water partition coefficient (Wildman–Crippen LogP) is 4.83. The van der Waals surface area contributed by atoms with E-state index in [-0.39, 0.29) is 23.3 Å². The van der Waals surface area contributed by atoms with Crippen molar-refractivity contribution in [3.8, 4) is 0 Å². The fraction of sp³-hybridized carbons (Fsp3) is 0.333. The van der Waals surface area contributed by atoms with Crippen LogP contribution in [0.15, 0.2) is 77.7 Å². The number of nitrogens with zero attached hydrogens (tertiary/aromatic N) is 2. The van der Waals surface area contributed by atoms with Crippen molar-refractivity contribution in [2.24, 2.45) is 5.92 Å². The summed E-state index contributed by atoms with van der Waals surface area (Å²) in [6.45, 7) is 9.22. The van der Waals surface area contributed by atoms with E-state index in [1.807, 2.05) is 27.7 Å². The minimum Gasteiger partial charge on any atom is -0.354 e. The van der Waals surface area contributed by atoms with Gasteiger partial charge in [0.25, 0.3) is 10.0 Å². The monoisotopic (exact) mass is 553 g/mol. The number of carbonyl (C=O) groups excluding carboxylic acids is 2. The van der Waals surface area contributed by atoms with Gasteiger partial charge >= 0.3 is 0 Å². The molecule has 3 aromatic rings. The third-order valence-corrected chi connectivity index (χ3v) is 8.29. The summed E-state index contributed by atoms with van der Waals surface area (Å²) < 4.78 is 42.2. The third-order valence-electron chi connectivity index (χ3n) is 6.51. The molecule has 0 unspecified atom stereocenters. The molecular formula is C30H36FN3O4S. The normalized spacial score (nSPS) is 12.2. The highest BCUT2D eigenvalue weighted by atomic mass is 32.2. The molecule has 3 aromatic carbocycles. The highest BCUT2D eigenvalue weighted by Crippen LogP contribution is 2.26. The second kappa shape index (κ2) is 12.9. The first-order valence-corrected chi connectivity index (χ1v) is 14.3. The first-order chi connectivity index (χ1) is 18.4. The number of benzene rings is 3. The van der Waals surface area contributed by atoms with Crippen molar-refractivity contribution in [2.75, 3.05) is 17.4 Å². The van der Waals surface area contributed by atoms with E-state index in [0.29, 0.717) is 17.8 Å². The van der Waals surface area contributed by atoms with Gasteiger partial charge in [-0.1, -0.05) is 50.2 Å². The zero-order valence-corrected chi connectivity index (χ0v) is 23.8. The van der Waals surface area contributed by atoms with Gasteiger partial charge in [0.05, 0.1) is 10.6 Å². The van der Waals surface area contributed by atoms with Crippen molar-refractivity contribution >= 4 is 27.5 Å². The van der Waals surface area contributed by atoms with E-state index in [9.17, 15) is 22.4 Å². The van der Waals surface area contributed by atoms with Crippen LogP contribution in [0, 0.1) is 25.6 Å². The Kier molecular flexibility index (Phi) is 9.86. The summed E-state index contributed by atoms with van der Waals surface area (Å²) in [6.07, 6.45) is 0. The Morgan fingerprint density at radius 1 is 0.897 bits per heavy atom. The molecule has 0 saturated carbocycles. The fourth-order valence-corrected chi connectivity index (χ4v) is 5.38. The van der Waals surface area contributed by atoms with Gasteiger partial charge in [-0.25, -0.2) is 12.8 Å². The largest absolute Gasteiger partial charge is 0.354 e. The molecule has 39 heavy (non-hydrogen) atoms. The molecule has 0 aliphatic carbocycles. The van der Waals surface area contributed by atoms with E-state index in [1.165, 1.54) is 41.3 Å². The van der Waals surface area contributed by atoms with E-state index < -0.39 is 34.3 Å². The summed E-state index contributed by atoms with van der Waals surface area (Å²) in [5, 5.41) is 2.84. The smallest absolute Gasteiger partial charge is 0.264 e. The molecule has 0 aliphatic heterocycles. The Hall–Kier alpha value is -3.72. The number of carbonyl (C=O) groups is 2. The molecule has 0 saturated heterocycles. The lowest BCUT2D eigenvalue weighted by molar-refractivity contribution is -0.139. The second-order valence-corrected chi connectivity index (χ2v) is 11.9. The van der Waals surface area contributed by atoms with Gasteiger partial charge in [-0.2, -0.15) is 0 Å². The van der Waals surface area contributed by atoms with Crippen LogP contribution in [-0.2, 0) is 26.2 Å². The van der Waals surface area contributed by atoms with Crippen molar-refractivity contribution in [3.63, 3.8) is 0 Å². The lowest BCUT2D eigenvalue weighted by Crippen LogP contribution is -2.51. The Bertz CT molecular complexity index is 1390. The van der Waals surface area contributed by atoms with Gasteiger partial charge < -0.3 is 10.2 Å². The lowest BCUT2D eigenvalue weighted by atomic mass is 10.1. The number of rotatable bonds is 11. The number of nitrogens with one attached hydrogen (secondary N) is 1. The Morgan fingerprint density at radius 3 is 2.13 bits per heavy atom. The zero-order chi connectivity index (χ0) is 28.7. The van der Waals surface area contributed by atoms with Crippen LogP contribution in [-0.4, -0.2) is 44.3 Å². The Labute approximate surface area is 230 Å². The molecule has 1 N–H and O–H groups in total. The third kappa shape index (κ3) is 7.66. The van der Waals surface area contributed by atoms with E-state index in [0.717, 1.165) is 15.4 Å². The van der Waals surface area contributed by atoms with Crippen LogP contribution in [0.3, 0.4) is 0 Å². The maximum Gasteiger partial charge on any atom is 0.264 e. The molecule has 3 rings (SSSR count). The Balaban J connectivity index is 2.02. The predicted molar refractivity (Wildman–Crippen MR) is 151 cm³/mol. The lowest BCUT2D eigenvalue weighted by Gasteiger charge is -2.32. The topological polar surface area (TPSA) is 86.8 Å². The number of anilines is 1. The molecule has 0 bridgehead atoms. The Morgan fingerprint density at radius 2 is 1.54 bits per heavy atom. The standard InChI is InChI=1S/C30H36FN3O4S/c1-21(2)18-32-30(36)24(5)33(19-25-12-14-26(31)15-13-25)29(35)20-34(27-16-11-22(3)23(4)17-27)39(37,38)28-9-7-6-8-10-28/h6-17,21,24H,18-20H2,1-5H3,(H,32,36)/t24-/m1/s1. The zero-order valence-electron chi connectivity index (χ0n) is 23.0. The van der Waals surface area contributed by atoms with Crippen LogP contribution in [0.25, 0.3) is 0 Å². The van der Waals surface area contributed by atoms with Crippen molar-refractivity contribution in [1.29, 1.82) is 0 Å². The van der Waals surface area contributed by atoms with E-state index in [2.05, 4.69) is 5.32 Å². The molecule has 0 fully saturated rings. The second-order valence-electron chi connectivity index (χ2n) is 10.1. The molecule has 0 aliphatic rings. The number of hydrogen-bond donors (Lipinski definition) is 1. The molecule has 0 spiro atoms. The molecule has 7 nitrogen and oxygen atoms in total. The summed E-state index contributed by atoms with van der Waals surface area (Å²) in [5.74, 6) is -1.14. The van der Waals surface area contributed by atoms with Crippen LogP contribution in [0.2, 0.25) is 0 Å². The number of amides is 2. The molecule has 0 radical (unpaired) electrons. The summed E-state index contributed by atoms with van der Waals surface area (Å²) in [6, 6.07) is 17.8. The first-order valence-electron chi connectivity index (χ1n) is 12.9. The molecule has 2 amide bonds. The first kappa shape index (κ1) is 29.8. The van der Waals surface area contributed by atoms with Gasteiger partial charge in [0.15, 0.2) is 0 Å². The highest BCUT2D eigenvalue weighted by molar-refractivity contribution is 7.92. The van der Waals surface area contributed by atoms with Crippen LogP contribution < -0.4 is 9.62 Å². The van der Waals surface area contributed by atoms with E-state index >= 15 is 0 Å². The summed E-state index contributed by atoms with van der Waals surface area (Å²) in [7, 11) is -4.12. The van der Waals surface area contributed by atoms with E-state index in [1.54, 1.807) is 43.3 Å². The number of aryl methyl sites for hydroxylation is 2. The van der Waals surface area contributed by atoms with Gasteiger partial charge in [0.1, 0.15) is 18.4 Å². The summed E-state index contributed by atoms with van der Waals surface area (Å²) in [5.41, 5.74) is 2.80. The quantitative estimate of drug-likeness (QED) is 0.369. The van der Waals surface area contributed by atoms with Crippen molar-refractivity contribution in [1.82, 2.24) is 10.2 Å². The van der Waals surface area contributed by atoms with Gasteiger partial charge in [-0.05, 0) is 79.8 Å². The molecule has 0 aromatic heterocycles. The van der Waals surface area contributed by atoms with Crippen molar-refractivity contribution in [3.05, 3.63) is 95.3 Å². The number of hydrogen-bond acceptors (Lipinski definition) is 4. The highest BCUT2D eigenvalue weighted by Gasteiger charge is 2.32. The molecular weight excluding hydrogens is 517 g/mol. The van der Waals surface area contributed by atoms with Gasteiger partial charge in [0.2, 0.25) is 11.8 Å². The van der Waals surface area contributed by atoms with Crippen molar-refractivity contribution in [2.45, 2.75) is 52.1 Å².